The largest absolute Gasteiger partial charge is 0.392 e. The van der Waals surface area contributed by atoms with Crippen molar-refractivity contribution in [1.82, 2.24) is 19.7 Å². The first-order valence-corrected chi connectivity index (χ1v) is 9.09. The van der Waals surface area contributed by atoms with E-state index in [9.17, 15) is 14.3 Å². The third-order valence-corrected chi connectivity index (χ3v) is 5.22. The normalized spacial score (nSPS) is 14.4. The predicted octanol–water partition coefficient (Wildman–Crippen LogP) is 2.94. The number of hydrogen-bond acceptors (Lipinski definition) is 4. The van der Waals surface area contributed by atoms with Crippen LogP contribution in [0, 0.1) is 13.8 Å². The quantitative estimate of drug-likeness (QED) is 0.707. The number of aliphatic hydroxyl groups is 1. The number of carbonyl (C=O) groups is 1. The lowest BCUT2D eigenvalue weighted by atomic mass is 9.93. The minimum atomic E-state index is -0.957. The molecule has 0 bridgehead atoms. The molecular weight excluding hydrogens is 359 g/mol. The molecule has 1 aliphatic rings. The van der Waals surface area contributed by atoms with E-state index in [2.05, 4.69) is 17.6 Å². The molecule has 7 heteroatoms. The summed E-state index contributed by atoms with van der Waals surface area (Å²) in [6, 6.07) is 7.86. The fraction of sp³-hybridized carbons (Fsp3) is 0.286. The molecule has 1 amide bonds. The molecule has 1 saturated heterocycles. The Kier molecular flexibility index (Phi) is 4.47. The van der Waals surface area contributed by atoms with Crippen LogP contribution in [0.2, 0.25) is 0 Å². The smallest absolute Gasteiger partial charge is 0.282 e. The van der Waals surface area contributed by atoms with Crippen molar-refractivity contribution in [3.63, 3.8) is 0 Å². The summed E-state index contributed by atoms with van der Waals surface area (Å²) in [6.45, 7) is 7.71. The minimum absolute atomic E-state index is 0.0488. The highest BCUT2D eigenvalue weighted by Crippen LogP contribution is 2.35. The van der Waals surface area contributed by atoms with E-state index in [-0.39, 0.29) is 12.5 Å². The molecule has 1 aliphatic heterocycles. The zero-order valence-corrected chi connectivity index (χ0v) is 15.8. The van der Waals surface area contributed by atoms with E-state index < -0.39 is 11.7 Å². The van der Waals surface area contributed by atoms with Crippen molar-refractivity contribution >= 4 is 16.9 Å². The van der Waals surface area contributed by atoms with Gasteiger partial charge >= 0.3 is 0 Å². The Morgan fingerprint density at radius 2 is 2.07 bits per heavy atom. The molecule has 0 unspecified atom stereocenters. The van der Waals surface area contributed by atoms with Crippen LogP contribution < -0.4 is 0 Å². The first-order valence-electron chi connectivity index (χ1n) is 9.09. The van der Waals surface area contributed by atoms with Gasteiger partial charge in [0.25, 0.3) is 5.91 Å². The summed E-state index contributed by atoms with van der Waals surface area (Å²) in [4.78, 5) is 17.7. The van der Waals surface area contributed by atoms with Crippen molar-refractivity contribution in [2.45, 2.75) is 26.4 Å². The molecule has 0 spiro atoms. The van der Waals surface area contributed by atoms with Gasteiger partial charge in [-0.05, 0) is 37.1 Å². The number of hydrogen-bond donors (Lipinski definition) is 1. The van der Waals surface area contributed by atoms with E-state index in [4.69, 9.17) is 5.10 Å². The lowest BCUT2D eigenvalue weighted by molar-refractivity contribution is -0.133. The average molecular weight is 380 g/mol. The fourth-order valence-corrected chi connectivity index (χ4v) is 3.75. The second-order valence-corrected chi connectivity index (χ2v) is 7.23. The van der Waals surface area contributed by atoms with Crippen LogP contribution in [0.25, 0.3) is 16.7 Å². The number of aromatic nitrogens is 3. The van der Waals surface area contributed by atoms with Gasteiger partial charge in [-0.2, -0.15) is 5.10 Å². The maximum atomic E-state index is 13.1. The van der Waals surface area contributed by atoms with E-state index in [1.165, 1.54) is 4.90 Å². The number of benzene rings is 1. The van der Waals surface area contributed by atoms with Crippen molar-refractivity contribution < 1.29 is 14.3 Å². The number of nitrogens with zero attached hydrogens (tertiary/aromatic N) is 4. The molecule has 3 heterocycles. The van der Waals surface area contributed by atoms with E-state index in [1.54, 1.807) is 16.9 Å². The summed E-state index contributed by atoms with van der Waals surface area (Å²) in [5, 5.41) is 15.4. The number of aliphatic hydroxyl groups excluding tert-OH is 1. The van der Waals surface area contributed by atoms with E-state index >= 15 is 0 Å². The van der Waals surface area contributed by atoms with E-state index in [1.807, 2.05) is 26.0 Å². The fourth-order valence-electron chi connectivity index (χ4n) is 3.75. The molecule has 4 rings (SSSR count). The molecule has 0 atom stereocenters. The number of pyridine rings is 1. The zero-order valence-electron chi connectivity index (χ0n) is 15.8. The molecule has 0 saturated carbocycles. The second-order valence-electron chi connectivity index (χ2n) is 7.23. The van der Waals surface area contributed by atoms with Crippen LogP contribution in [0.4, 0.5) is 4.39 Å². The summed E-state index contributed by atoms with van der Waals surface area (Å²) >= 11 is 0. The maximum absolute atomic E-state index is 13.1. The molecule has 144 valence electrons. The number of halogens is 1. The summed E-state index contributed by atoms with van der Waals surface area (Å²) < 4.78 is 14.9. The Balaban J connectivity index is 1.82. The van der Waals surface area contributed by atoms with E-state index in [0.29, 0.717) is 18.7 Å². The topological polar surface area (TPSA) is 71.2 Å². The number of carbonyl (C=O) groups excluding carboxylic acids is 1. The van der Waals surface area contributed by atoms with Crippen LogP contribution in [0.5, 0.6) is 0 Å². The van der Waals surface area contributed by atoms with Gasteiger partial charge in [-0.25, -0.2) is 14.1 Å². The molecular formula is C21H21FN4O2. The highest BCUT2D eigenvalue weighted by atomic mass is 19.1. The van der Waals surface area contributed by atoms with Crippen LogP contribution in [0.15, 0.2) is 42.9 Å². The van der Waals surface area contributed by atoms with Crippen molar-refractivity contribution in [2.24, 2.45) is 0 Å². The summed E-state index contributed by atoms with van der Waals surface area (Å²) in [5.41, 5.74) is 5.28. The van der Waals surface area contributed by atoms with Crippen LogP contribution in [-0.4, -0.2) is 43.8 Å². The highest BCUT2D eigenvalue weighted by Gasteiger charge is 2.36. The molecule has 2 aromatic heterocycles. The van der Waals surface area contributed by atoms with Crippen LogP contribution in [0.1, 0.15) is 28.3 Å². The van der Waals surface area contributed by atoms with Crippen LogP contribution in [0.3, 0.4) is 0 Å². The zero-order chi connectivity index (χ0) is 20.0. The van der Waals surface area contributed by atoms with Gasteiger partial charge in [0.15, 0.2) is 11.5 Å². The predicted molar refractivity (Wildman–Crippen MR) is 104 cm³/mol. The van der Waals surface area contributed by atoms with E-state index in [0.717, 1.165) is 33.5 Å². The van der Waals surface area contributed by atoms with Crippen molar-refractivity contribution in [2.75, 3.05) is 13.1 Å². The number of amides is 1. The lowest BCUT2D eigenvalue weighted by Gasteiger charge is -2.38. The van der Waals surface area contributed by atoms with Gasteiger partial charge in [0.1, 0.15) is 0 Å². The molecule has 6 nitrogen and oxygen atoms in total. The van der Waals surface area contributed by atoms with Crippen molar-refractivity contribution in [3.05, 3.63) is 65.3 Å². The average Bonchev–Trinajstić information content (AvgIpc) is 2.99. The van der Waals surface area contributed by atoms with Crippen molar-refractivity contribution in [3.8, 4) is 5.69 Å². The highest BCUT2D eigenvalue weighted by molar-refractivity contribution is 5.92. The molecule has 0 aliphatic carbocycles. The number of aryl methyl sites for hydroxylation is 2. The van der Waals surface area contributed by atoms with Crippen LogP contribution >= 0.6 is 0 Å². The summed E-state index contributed by atoms with van der Waals surface area (Å²) in [6.07, 6.45) is 1.66. The second kappa shape index (κ2) is 6.83. The molecule has 28 heavy (non-hydrogen) atoms. The Morgan fingerprint density at radius 3 is 2.71 bits per heavy atom. The molecule has 1 fully saturated rings. The van der Waals surface area contributed by atoms with Gasteiger partial charge in [-0.15, -0.1) is 0 Å². The molecule has 3 aromatic rings. The Morgan fingerprint density at radius 1 is 1.32 bits per heavy atom. The van der Waals surface area contributed by atoms with Gasteiger partial charge in [-0.1, -0.05) is 24.3 Å². The van der Waals surface area contributed by atoms with Gasteiger partial charge in [-0.3, -0.25) is 4.79 Å². The lowest BCUT2D eigenvalue weighted by Crippen LogP contribution is -2.48. The number of rotatable bonds is 4. The Bertz CT molecular complexity index is 1100. The van der Waals surface area contributed by atoms with Gasteiger partial charge < -0.3 is 10.0 Å². The standard InChI is InChI=1S/C21H21FN4O2/c1-12-4-5-17(13(2)8-12)26-20-18(15(11-27)6-7-23-20)19(24-26)16-9-25(10-16)21(28)14(3)22/h4-8,16,27H,3,9-11H2,1-2H3. The molecule has 1 aromatic carbocycles. The Labute approximate surface area is 161 Å². The maximum Gasteiger partial charge on any atom is 0.282 e. The minimum Gasteiger partial charge on any atom is -0.392 e. The van der Waals surface area contributed by atoms with Crippen LogP contribution in [-0.2, 0) is 11.4 Å². The number of likely N-dealkylation sites (tertiary alicyclic amines) is 1. The van der Waals surface area contributed by atoms with Gasteiger partial charge in [0, 0.05) is 30.6 Å². The first kappa shape index (κ1) is 18.3. The SMILES string of the molecule is C=C(F)C(=O)N1CC(c2nn(-c3ccc(C)cc3C)c3nccc(CO)c23)C1. The summed E-state index contributed by atoms with van der Waals surface area (Å²) in [5.74, 6) is -1.69. The van der Waals surface area contributed by atoms with Gasteiger partial charge in [0.2, 0.25) is 0 Å². The number of fused-ring (bicyclic) bond motifs is 1. The third-order valence-electron chi connectivity index (χ3n) is 5.22. The molecule has 0 radical (unpaired) electrons. The molecule has 1 N–H and O–H groups in total. The first-order chi connectivity index (χ1) is 13.4. The summed E-state index contributed by atoms with van der Waals surface area (Å²) in [7, 11) is 0. The monoisotopic (exact) mass is 380 g/mol. The third kappa shape index (κ3) is 2.88. The van der Waals surface area contributed by atoms with Crippen molar-refractivity contribution in [1.29, 1.82) is 0 Å². The Hall–Kier alpha value is -3.06. The van der Waals surface area contributed by atoms with Gasteiger partial charge in [0.05, 0.1) is 18.0 Å².